The van der Waals surface area contributed by atoms with E-state index >= 15 is 0 Å². The van der Waals surface area contributed by atoms with Crippen LogP contribution in [0.5, 0.6) is 5.88 Å². The predicted octanol–water partition coefficient (Wildman–Crippen LogP) is 3.36. The zero-order valence-corrected chi connectivity index (χ0v) is 27.9. The fourth-order valence-corrected chi connectivity index (χ4v) is 4.81. The highest BCUT2D eigenvalue weighted by atomic mass is 16.3. The standard InChI is InChI=1S/C33H45N9O6/c1-5-41(6-2)17-9-15-34-28(43)23-19-24(29(44)35-16-10-18-42(7-3)8-4)21-26(20-23)36-30(45)22-11-13-25(14-12-22)39-40-27-31(46)37-33(48)38-32(27)47/h11-14,19-21H,5-10,15-18H2,1-4H3,(H,34,43)(H,35,44)(H,36,45)(H3,37,38,46,47,48). The summed E-state index contributed by atoms with van der Waals surface area (Å²) in [6.07, 6.45) is 1.53. The van der Waals surface area contributed by atoms with Gasteiger partial charge in [-0.05, 0) is 94.6 Å². The second kappa shape index (κ2) is 18.9. The zero-order chi connectivity index (χ0) is 35.1. The highest BCUT2D eigenvalue weighted by Crippen LogP contribution is 2.22. The van der Waals surface area contributed by atoms with Gasteiger partial charge in [-0.15, -0.1) is 5.11 Å². The zero-order valence-electron chi connectivity index (χ0n) is 27.9. The van der Waals surface area contributed by atoms with Gasteiger partial charge in [0.1, 0.15) is 0 Å². The van der Waals surface area contributed by atoms with E-state index in [0.29, 0.717) is 13.1 Å². The highest BCUT2D eigenvalue weighted by Gasteiger charge is 2.16. The molecule has 1 aromatic heterocycles. The second-order valence-corrected chi connectivity index (χ2v) is 10.9. The Morgan fingerprint density at radius 1 is 0.708 bits per heavy atom. The molecule has 0 saturated heterocycles. The number of rotatable bonds is 18. The van der Waals surface area contributed by atoms with E-state index in [-0.39, 0.29) is 39.9 Å². The van der Waals surface area contributed by atoms with Gasteiger partial charge in [0.15, 0.2) is 0 Å². The van der Waals surface area contributed by atoms with Gasteiger partial charge < -0.3 is 30.9 Å². The Morgan fingerprint density at radius 3 is 1.71 bits per heavy atom. The molecule has 0 aliphatic carbocycles. The summed E-state index contributed by atoms with van der Waals surface area (Å²) < 4.78 is 0. The van der Waals surface area contributed by atoms with Gasteiger partial charge in [-0.1, -0.05) is 27.7 Å². The van der Waals surface area contributed by atoms with Crippen molar-refractivity contribution in [1.29, 1.82) is 0 Å². The molecule has 2 aromatic carbocycles. The number of amides is 3. The number of carbonyl (C=O) groups is 3. The van der Waals surface area contributed by atoms with E-state index < -0.39 is 28.7 Å². The lowest BCUT2D eigenvalue weighted by Gasteiger charge is -2.18. The van der Waals surface area contributed by atoms with Crippen LogP contribution in [0.3, 0.4) is 0 Å². The molecule has 0 aliphatic rings. The SMILES string of the molecule is CCN(CC)CCCNC(=O)c1cc(NC(=O)c2ccc(N=Nc3c(O)[nH]c(=O)[nH]c3=O)cc2)cc(C(=O)NCCCN(CC)CC)c1. The molecule has 0 fully saturated rings. The molecular formula is C33H45N9O6. The van der Waals surface area contributed by atoms with Gasteiger partial charge >= 0.3 is 5.69 Å². The number of carbonyl (C=O) groups excluding carboxylic acids is 3. The smallest absolute Gasteiger partial charge is 0.328 e. The Hall–Kier alpha value is -5.15. The largest absolute Gasteiger partial charge is 0.493 e. The van der Waals surface area contributed by atoms with Crippen LogP contribution in [0.25, 0.3) is 0 Å². The molecule has 0 aliphatic heterocycles. The van der Waals surface area contributed by atoms with Crippen LogP contribution in [0.2, 0.25) is 0 Å². The molecule has 3 amide bonds. The molecule has 0 spiro atoms. The van der Waals surface area contributed by atoms with E-state index in [9.17, 15) is 29.1 Å². The molecular weight excluding hydrogens is 618 g/mol. The summed E-state index contributed by atoms with van der Waals surface area (Å²) >= 11 is 0. The first kappa shape index (κ1) is 37.3. The summed E-state index contributed by atoms with van der Waals surface area (Å²) in [6, 6.07) is 10.4. The average Bonchev–Trinajstić information content (AvgIpc) is 3.07. The molecule has 48 heavy (non-hydrogen) atoms. The van der Waals surface area contributed by atoms with Crippen molar-refractivity contribution in [1.82, 2.24) is 30.4 Å². The first-order valence-electron chi connectivity index (χ1n) is 16.1. The number of H-pyrrole nitrogens is 2. The molecule has 0 bridgehead atoms. The van der Waals surface area contributed by atoms with Crippen molar-refractivity contribution in [2.24, 2.45) is 10.2 Å². The van der Waals surface area contributed by atoms with Gasteiger partial charge in [0.05, 0.1) is 5.69 Å². The van der Waals surface area contributed by atoms with Gasteiger partial charge in [0.2, 0.25) is 11.6 Å². The number of hydrogen-bond donors (Lipinski definition) is 6. The fourth-order valence-electron chi connectivity index (χ4n) is 4.81. The summed E-state index contributed by atoms with van der Waals surface area (Å²) in [5, 5.41) is 25.9. The quantitative estimate of drug-likeness (QED) is 0.0877. The summed E-state index contributed by atoms with van der Waals surface area (Å²) in [6.45, 7) is 14.7. The molecule has 258 valence electrons. The minimum atomic E-state index is -0.917. The fraction of sp³-hybridized carbons (Fsp3) is 0.424. The van der Waals surface area contributed by atoms with E-state index in [4.69, 9.17) is 0 Å². The van der Waals surface area contributed by atoms with Crippen molar-refractivity contribution in [3.63, 3.8) is 0 Å². The van der Waals surface area contributed by atoms with Crippen molar-refractivity contribution >= 4 is 34.8 Å². The average molecular weight is 664 g/mol. The number of benzene rings is 2. The number of azo groups is 1. The van der Waals surface area contributed by atoms with Crippen molar-refractivity contribution in [2.75, 3.05) is 57.7 Å². The van der Waals surface area contributed by atoms with Crippen LogP contribution in [0, 0.1) is 0 Å². The number of aromatic amines is 2. The minimum absolute atomic E-state index is 0.236. The molecule has 0 unspecified atom stereocenters. The number of anilines is 1. The molecule has 15 nitrogen and oxygen atoms in total. The summed E-state index contributed by atoms with van der Waals surface area (Å²) in [5.74, 6) is -1.95. The Morgan fingerprint density at radius 2 is 1.23 bits per heavy atom. The third-order valence-corrected chi connectivity index (χ3v) is 7.67. The maximum atomic E-state index is 13.2. The van der Waals surface area contributed by atoms with E-state index in [1.165, 1.54) is 42.5 Å². The van der Waals surface area contributed by atoms with Gasteiger partial charge in [-0.2, -0.15) is 5.11 Å². The molecule has 3 rings (SSSR count). The van der Waals surface area contributed by atoms with Crippen molar-refractivity contribution in [3.05, 3.63) is 80.0 Å². The summed E-state index contributed by atoms with van der Waals surface area (Å²) in [7, 11) is 0. The molecule has 0 saturated carbocycles. The van der Waals surface area contributed by atoms with E-state index in [1.807, 2.05) is 9.97 Å². The molecule has 0 atom stereocenters. The van der Waals surface area contributed by atoms with Crippen LogP contribution >= 0.6 is 0 Å². The van der Waals surface area contributed by atoms with Gasteiger partial charge in [-0.25, -0.2) is 4.79 Å². The topological polar surface area (TPSA) is 204 Å². The van der Waals surface area contributed by atoms with E-state index in [1.54, 1.807) is 0 Å². The third kappa shape index (κ3) is 11.3. The normalized spacial score (nSPS) is 11.3. The number of aromatic nitrogens is 2. The van der Waals surface area contributed by atoms with Crippen LogP contribution in [-0.4, -0.2) is 95.0 Å². The molecule has 0 radical (unpaired) electrons. The maximum Gasteiger partial charge on any atom is 0.328 e. The monoisotopic (exact) mass is 663 g/mol. The summed E-state index contributed by atoms with van der Waals surface area (Å²) in [5.41, 5.74) is -1.04. The molecule has 1 heterocycles. The molecule has 6 N–H and O–H groups in total. The van der Waals surface area contributed by atoms with Crippen LogP contribution in [0.4, 0.5) is 17.1 Å². The lowest BCUT2D eigenvalue weighted by Crippen LogP contribution is -2.31. The van der Waals surface area contributed by atoms with Crippen LogP contribution in [0.1, 0.15) is 71.6 Å². The van der Waals surface area contributed by atoms with Crippen LogP contribution in [-0.2, 0) is 0 Å². The van der Waals surface area contributed by atoms with Crippen LogP contribution in [0.15, 0.2) is 62.3 Å². The van der Waals surface area contributed by atoms with E-state index in [2.05, 4.69) is 63.7 Å². The highest BCUT2D eigenvalue weighted by molar-refractivity contribution is 6.07. The van der Waals surface area contributed by atoms with Crippen molar-refractivity contribution in [2.45, 2.75) is 40.5 Å². The van der Waals surface area contributed by atoms with Crippen molar-refractivity contribution < 1.29 is 19.5 Å². The number of nitrogens with zero attached hydrogens (tertiary/aromatic N) is 4. The van der Waals surface area contributed by atoms with Gasteiger partial charge in [0, 0.05) is 35.5 Å². The third-order valence-electron chi connectivity index (χ3n) is 7.67. The molecule has 3 aromatic rings. The van der Waals surface area contributed by atoms with E-state index in [0.717, 1.165) is 52.1 Å². The first-order chi connectivity index (χ1) is 23.1. The Bertz CT molecular complexity index is 1630. The number of hydrogen-bond acceptors (Lipinski definition) is 10. The van der Waals surface area contributed by atoms with Gasteiger partial charge in [-0.3, -0.25) is 29.1 Å². The lowest BCUT2D eigenvalue weighted by atomic mass is 10.1. The first-order valence-corrected chi connectivity index (χ1v) is 16.1. The Kier molecular flexibility index (Phi) is 14.7. The predicted molar refractivity (Wildman–Crippen MR) is 184 cm³/mol. The maximum absolute atomic E-state index is 13.2. The minimum Gasteiger partial charge on any atom is -0.493 e. The lowest BCUT2D eigenvalue weighted by molar-refractivity contribution is 0.0949. The van der Waals surface area contributed by atoms with Crippen LogP contribution < -0.4 is 27.2 Å². The van der Waals surface area contributed by atoms with Crippen molar-refractivity contribution in [3.8, 4) is 5.88 Å². The Labute approximate surface area is 278 Å². The molecule has 15 heteroatoms. The Balaban J connectivity index is 1.75. The number of aromatic hydroxyl groups is 1. The summed E-state index contributed by atoms with van der Waals surface area (Å²) in [4.78, 5) is 71.0. The second-order valence-electron chi connectivity index (χ2n) is 10.9. The van der Waals surface area contributed by atoms with Gasteiger partial charge in [0.25, 0.3) is 23.3 Å². The number of nitrogens with one attached hydrogen (secondary N) is 5.